The molecule has 0 atom stereocenters. The van der Waals surface area contributed by atoms with Gasteiger partial charge in [-0.1, -0.05) is 27.3 Å². The summed E-state index contributed by atoms with van der Waals surface area (Å²) in [6, 6.07) is 3.86. The number of urea groups is 1. The molecule has 1 heterocycles. The fraction of sp³-hybridized carbons (Fsp3) is 0. The monoisotopic (exact) mass is 342 g/mol. The predicted octanol–water partition coefficient (Wildman–Crippen LogP) is 2.64. The molecule has 7 nitrogen and oxygen atoms in total. The Morgan fingerprint density at radius 2 is 2.05 bits per heavy atom. The first-order valence-electron chi connectivity index (χ1n) is 4.92. The van der Waals surface area contributed by atoms with Gasteiger partial charge in [-0.2, -0.15) is 0 Å². The fourth-order valence-corrected chi connectivity index (χ4v) is 2.21. The van der Waals surface area contributed by atoms with Crippen LogP contribution in [0.1, 0.15) is 10.4 Å². The van der Waals surface area contributed by atoms with E-state index in [-0.39, 0.29) is 5.56 Å². The van der Waals surface area contributed by atoms with E-state index in [2.05, 4.69) is 36.8 Å². The van der Waals surface area contributed by atoms with E-state index >= 15 is 0 Å². The van der Waals surface area contributed by atoms with Crippen LogP contribution >= 0.6 is 27.3 Å². The van der Waals surface area contributed by atoms with Gasteiger partial charge in [0, 0.05) is 10.2 Å². The van der Waals surface area contributed by atoms with Crippen molar-refractivity contribution in [2.45, 2.75) is 0 Å². The third-order valence-electron chi connectivity index (χ3n) is 1.98. The number of hydrogen-bond donors (Lipinski definition) is 3. The first-order chi connectivity index (χ1) is 9.04. The predicted molar refractivity (Wildman–Crippen MR) is 73.7 cm³/mol. The van der Waals surface area contributed by atoms with Gasteiger partial charge in [0.1, 0.15) is 5.51 Å². The molecule has 1 aromatic carbocycles. The Bertz CT molecular complexity index is 617. The highest BCUT2D eigenvalue weighted by molar-refractivity contribution is 9.10. The number of aromatic carboxylic acids is 1. The molecule has 2 amide bonds. The van der Waals surface area contributed by atoms with Crippen LogP contribution in [0.25, 0.3) is 0 Å². The Hall–Kier alpha value is -2.00. The molecular formula is C10H7BrN4O3S. The molecule has 0 saturated carbocycles. The van der Waals surface area contributed by atoms with E-state index in [1.54, 1.807) is 6.07 Å². The maximum absolute atomic E-state index is 11.6. The minimum absolute atomic E-state index is 0.0700. The number of nitrogens with one attached hydrogen (secondary N) is 2. The van der Waals surface area contributed by atoms with E-state index in [1.807, 2.05) is 0 Å². The number of carbonyl (C=O) groups is 2. The lowest BCUT2D eigenvalue weighted by Gasteiger charge is -2.06. The molecule has 0 aliphatic carbocycles. The van der Waals surface area contributed by atoms with Gasteiger partial charge in [-0.3, -0.25) is 5.32 Å². The van der Waals surface area contributed by atoms with Gasteiger partial charge in [0.25, 0.3) is 0 Å². The number of amides is 2. The molecule has 98 valence electrons. The van der Waals surface area contributed by atoms with Crippen molar-refractivity contribution in [3.63, 3.8) is 0 Å². The van der Waals surface area contributed by atoms with Gasteiger partial charge in [-0.15, -0.1) is 10.2 Å². The van der Waals surface area contributed by atoms with E-state index in [4.69, 9.17) is 5.11 Å². The van der Waals surface area contributed by atoms with E-state index in [1.165, 1.54) is 29.0 Å². The SMILES string of the molecule is O=C(Nc1cc(Br)cc(C(=O)O)c1)Nc1nncs1. The van der Waals surface area contributed by atoms with Crippen LogP contribution in [0.2, 0.25) is 0 Å². The molecule has 2 aromatic rings. The number of benzene rings is 1. The maximum atomic E-state index is 11.6. The van der Waals surface area contributed by atoms with Crippen molar-refractivity contribution >= 4 is 50.1 Å². The number of carboxylic acids is 1. The van der Waals surface area contributed by atoms with Crippen LogP contribution in [0.5, 0.6) is 0 Å². The number of rotatable bonds is 3. The molecule has 0 fully saturated rings. The van der Waals surface area contributed by atoms with Crippen LogP contribution in [0, 0.1) is 0 Å². The summed E-state index contributed by atoms with van der Waals surface area (Å²) in [6.07, 6.45) is 0. The molecule has 0 radical (unpaired) electrons. The lowest BCUT2D eigenvalue weighted by Crippen LogP contribution is -2.19. The lowest BCUT2D eigenvalue weighted by molar-refractivity contribution is 0.0697. The first-order valence-corrected chi connectivity index (χ1v) is 6.60. The average Bonchev–Trinajstić information content (AvgIpc) is 2.80. The number of hydrogen-bond acceptors (Lipinski definition) is 5. The number of nitrogens with zero attached hydrogens (tertiary/aromatic N) is 2. The van der Waals surface area contributed by atoms with Gasteiger partial charge < -0.3 is 10.4 Å². The Labute approximate surface area is 119 Å². The van der Waals surface area contributed by atoms with Gasteiger partial charge >= 0.3 is 12.0 Å². The molecule has 0 aliphatic heterocycles. The molecule has 3 N–H and O–H groups in total. The fourth-order valence-electron chi connectivity index (χ4n) is 1.27. The number of carboxylic acid groups (broad SMARTS) is 1. The lowest BCUT2D eigenvalue weighted by atomic mass is 10.2. The summed E-state index contributed by atoms with van der Waals surface area (Å²) in [5.74, 6) is -1.08. The van der Waals surface area contributed by atoms with E-state index in [9.17, 15) is 9.59 Å². The minimum atomic E-state index is -1.08. The Morgan fingerprint density at radius 1 is 1.26 bits per heavy atom. The van der Waals surface area contributed by atoms with Crippen LogP contribution in [-0.2, 0) is 0 Å². The van der Waals surface area contributed by atoms with Crippen molar-refractivity contribution < 1.29 is 14.7 Å². The number of aromatic nitrogens is 2. The van der Waals surface area contributed by atoms with Crippen molar-refractivity contribution in [3.8, 4) is 0 Å². The molecule has 0 unspecified atom stereocenters. The smallest absolute Gasteiger partial charge is 0.335 e. The summed E-state index contributed by atoms with van der Waals surface area (Å²) < 4.78 is 0.554. The standard InChI is InChI=1S/C10H7BrN4O3S/c11-6-1-5(8(16)17)2-7(3-6)13-9(18)14-10-15-12-4-19-10/h1-4H,(H,16,17)(H2,13,14,15,18). The molecule has 1 aromatic heterocycles. The summed E-state index contributed by atoms with van der Waals surface area (Å²) in [4.78, 5) is 22.5. The van der Waals surface area contributed by atoms with Crippen molar-refractivity contribution in [2.75, 3.05) is 10.6 Å². The van der Waals surface area contributed by atoms with Crippen molar-refractivity contribution in [1.82, 2.24) is 10.2 Å². The molecule has 0 bridgehead atoms. The zero-order valence-electron chi connectivity index (χ0n) is 9.25. The zero-order valence-corrected chi connectivity index (χ0v) is 11.7. The van der Waals surface area contributed by atoms with Gasteiger partial charge in [0.15, 0.2) is 0 Å². The summed E-state index contributed by atoms with van der Waals surface area (Å²) in [5, 5.41) is 21.5. The van der Waals surface area contributed by atoms with Gasteiger partial charge in [-0.25, -0.2) is 9.59 Å². The summed E-state index contributed by atoms with van der Waals surface area (Å²) in [5.41, 5.74) is 1.91. The summed E-state index contributed by atoms with van der Waals surface area (Å²) >= 11 is 4.35. The second kappa shape index (κ2) is 5.76. The Morgan fingerprint density at radius 3 is 2.68 bits per heavy atom. The molecular weight excluding hydrogens is 336 g/mol. The zero-order chi connectivity index (χ0) is 13.8. The van der Waals surface area contributed by atoms with Crippen LogP contribution in [0.3, 0.4) is 0 Å². The number of halogens is 1. The van der Waals surface area contributed by atoms with E-state index in [0.717, 1.165) is 0 Å². The first kappa shape index (κ1) is 13.4. The van der Waals surface area contributed by atoms with Crippen molar-refractivity contribution in [1.29, 1.82) is 0 Å². The Balaban J connectivity index is 2.10. The summed E-state index contributed by atoms with van der Waals surface area (Å²) in [6.45, 7) is 0. The number of carbonyl (C=O) groups excluding carboxylic acids is 1. The quantitative estimate of drug-likeness (QED) is 0.795. The highest BCUT2D eigenvalue weighted by Crippen LogP contribution is 2.20. The van der Waals surface area contributed by atoms with Gasteiger partial charge in [0.05, 0.1) is 5.56 Å². The third-order valence-corrected chi connectivity index (χ3v) is 3.05. The molecule has 9 heteroatoms. The minimum Gasteiger partial charge on any atom is -0.478 e. The van der Waals surface area contributed by atoms with Crippen LogP contribution < -0.4 is 10.6 Å². The van der Waals surface area contributed by atoms with Crippen molar-refractivity contribution in [3.05, 3.63) is 33.7 Å². The summed E-state index contributed by atoms with van der Waals surface area (Å²) in [7, 11) is 0. The van der Waals surface area contributed by atoms with Gasteiger partial charge in [-0.05, 0) is 18.2 Å². The molecule has 0 aliphatic rings. The van der Waals surface area contributed by atoms with E-state index < -0.39 is 12.0 Å². The third kappa shape index (κ3) is 3.73. The van der Waals surface area contributed by atoms with Gasteiger partial charge in [0.2, 0.25) is 5.13 Å². The van der Waals surface area contributed by atoms with Crippen LogP contribution in [0.15, 0.2) is 28.2 Å². The average molecular weight is 343 g/mol. The van der Waals surface area contributed by atoms with Crippen molar-refractivity contribution in [2.24, 2.45) is 0 Å². The molecule has 2 rings (SSSR count). The molecule has 0 spiro atoms. The molecule has 19 heavy (non-hydrogen) atoms. The maximum Gasteiger partial charge on any atom is 0.335 e. The second-order valence-corrected chi connectivity index (χ2v) is 5.11. The van der Waals surface area contributed by atoms with E-state index in [0.29, 0.717) is 15.3 Å². The molecule has 0 saturated heterocycles. The largest absolute Gasteiger partial charge is 0.478 e. The normalized spacial score (nSPS) is 9.95. The van der Waals surface area contributed by atoms with Crippen LogP contribution in [-0.4, -0.2) is 27.3 Å². The second-order valence-electron chi connectivity index (χ2n) is 3.36. The Kier molecular flexibility index (Phi) is 4.07. The highest BCUT2D eigenvalue weighted by Gasteiger charge is 2.09. The highest BCUT2D eigenvalue weighted by atomic mass is 79.9. The van der Waals surface area contributed by atoms with Crippen LogP contribution in [0.4, 0.5) is 15.6 Å². The topological polar surface area (TPSA) is 104 Å². The number of anilines is 2.